The SMILES string of the molecule is [Cs].[F][Sb]([F])[F]. The van der Waals surface area contributed by atoms with Gasteiger partial charge in [0.25, 0.3) is 0 Å². The first-order valence-electron chi connectivity index (χ1n) is 0.507. The summed E-state index contributed by atoms with van der Waals surface area (Å²) in [6.07, 6.45) is 0. The van der Waals surface area contributed by atoms with Crippen molar-refractivity contribution < 1.29 is 8.44 Å². The van der Waals surface area contributed by atoms with Crippen LogP contribution in [0.15, 0.2) is 0 Å². The number of rotatable bonds is 0. The molecule has 0 amide bonds. The maximum absolute atomic E-state index is 9.85. The average Bonchev–Trinajstić information content (AvgIpc) is 0.811. The fourth-order valence-electron chi connectivity index (χ4n) is 0. The van der Waals surface area contributed by atoms with Gasteiger partial charge in [0.2, 0.25) is 0 Å². The molecule has 0 aliphatic carbocycles. The number of halogens is 3. The maximum atomic E-state index is 9.85. The Morgan fingerprint density at radius 3 is 1.00 bits per heavy atom. The van der Waals surface area contributed by atoms with Crippen LogP contribution >= 0.6 is 0 Å². The minimum atomic E-state index is -4.95. The Morgan fingerprint density at radius 1 is 1.00 bits per heavy atom. The van der Waals surface area contributed by atoms with E-state index in [1.807, 2.05) is 0 Å². The molecule has 0 spiro atoms. The van der Waals surface area contributed by atoms with Crippen LogP contribution in [0.2, 0.25) is 0 Å². The molecule has 0 aromatic carbocycles. The second kappa shape index (κ2) is 6.66. The van der Waals surface area contributed by atoms with Crippen LogP contribution < -0.4 is 0 Å². The second-order valence-electron chi connectivity index (χ2n) is 0.192. The third-order valence-electron chi connectivity index (χ3n) is 0. The predicted molar refractivity (Wildman–Crippen MR) is 14.8 cm³/mol. The molecule has 1 radical (unpaired) electrons. The molecular formula is CsF3Sb. The van der Waals surface area contributed by atoms with Gasteiger partial charge in [-0.15, -0.1) is 0 Å². The predicted octanol–water partition coefficient (Wildman–Crippen LogP) is 0.499. The summed E-state index contributed by atoms with van der Waals surface area (Å²) in [7, 11) is 0. The van der Waals surface area contributed by atoms with E-state index >= 15 is 0 Å². The van der Waals surface area contributed by atoms with Crippen molar-refractivity contribution in [3.05, 3.63) is 0 Å². The molecule has 0 saturated carbocycles. The Bertz CT molecular complexity index is 11.6. The second-order valence-corrected chi connectivity index (χ2v) is 1.29. The normalized spacial score (nSPS) is 7.20. The van der Waals surface area contributed by atoms with Gasteiger partial charge < -0.3 is 0 Å². The molecule has 0 aliphatic heterocycles. The van der Waals surface area contributed by atoms with Crippen molar-refractivity contribution in [2.24, 2.45) is 0 Å². The Balaban J connectivity index is 0. The van der Waals surface area contributed by atoms with Crippen LogP contribution in [0, 0.1) is 0 Å². The molecule has 0 fully saturated rings. The van der Waals surface area contributed by atoms with Gasteiger partial charge in [0.15, 0.2) is 0 Å². The molecule has 5 heteroatoms. The van der Waals surface area contributed by atoms with Gasteiger partial charge in [-0.25, -0.2) is 0 Å². The topological polar surface area (TPSA) is 0 Å². The van der Waals surface area contributed by atoms with E-state index in [0.717, 1.165) is 0 Å². The quantitative estimate of drug-likeness (QED) is 0.572. The summed E-state index contributed by atoms with van der Waals surface area (Å²) in [5, 5.41) is 0. The molecule has 5 heavy (non-hydrogen) atoms. The van der Waals surface area contributed by atoms with E-state index in [0.29, 0.717) is 0 Å². The monoisotopic (exact) mass is 311 g/mol. The van der Waals surface area contributed by atoms with Crippen molar-refractivity contribution in [3.8, 4) is 0 Å². The van der Waals surface area contributed by atoms with Crippen molar-refractivity contribution in [1.82, 2.24) is 0 Å². The van der Waals surface area contributed by atoms with Crippen LogP contribution in [0.5, 0.6) is 0 Å². The summed E-state index contributed by atoms with van der Waals surface area (Å²) < 4.78 is 29.6. The van der Waals surface area contributed by atoms with Crippen LogP contribution in [0.25, 0.3) is 0 Å². The molecule has 0 aromatic heterocycles. The number of hydrogen-bond donors (Lipinski definition) is 0. The summed E-state index contributed by atoms with van der Waals surface area (Å²) in [4.78, 5) is 0. The molecule has 0 saturated heterocycles. The Hall–Kier alpha value is 2.66. The van der Waals surface area contributed by atoms with Gasteiger partial charge in [0.1, 0.15) is 0 Å². The Labute approximate surface area is 96.3 Å². The molecule has 0 atom stereocenters. The average molecular weight is 312 g/mol. The van der Waals surface area contributed by atoms with E-state index in [1.54, 1.807) is 0 Å². The van der Waals surface area contributed by atoms with Gasteiger partial charge in [-0.3, -0.25) is 0 Å². The van der Waals surface area contributed by atoms with Gasteiger partial charge in [0, 0.05) is 68.9 Å². The molecule has 0 nitrogen and oxygen atoms in total. The third-order valence-corrected chi connectivity index (χ3v) is 0. The molecule has 27 valence electrons. The van der Waals surface area contributed by atoms with E-state index in [4.69, 9.17) is 0 Å². The zero-order valence-electron chi connectivity index (χ0n) is 2.58. The van der Waals surface area contributed by atoms with Gasteiger partial charge in [0.05, 0.1) is 0 Å². The van der Waals surface area contributed by atoms with E-state index < -0.39 is 22.0 Å². The molecule has 0 aliphatic rings. The van der Waals surface area contributed by atoms with Crippen molar-refractivity contribution in [3.63, 3.8) is 0 Å². The zero-order chi connectivity index (χ0) is 3.58. The van der Waals surface area contributed by atoms with E-state index in [2.05, 4.69) is 0 Å². The first-order valence-corrected chi connectivity index (χ1v) is 3.40. The molecule has 0 unspecified atom stereocenters. The van der Waals surface area contributed by atoms with Crippen LogP contribution in [0.3, 0.4) is 0 Å². The first-order chi connectivity index (χ1) is 1.73. The molecule has 0 aromatic rings. The van der Waals surface area contributed by atoms with Crippen LogP contribution in [0.4, 0.5) is 8.44 Å². The van der Waals surface area contributed by atoms with Crippen molar-refractivity contribution in [1.29, 1.82) is 0 Å². The summed E-state index contributed by atoms with van der Waals surface area (Å²) >= 11 is -4.95. The van der Waals surface area contributed by atoms with Crippen LogP contribution in [-0.4, -0.2) is 90.8 Å². The summed E-state index contributed by atoms with van der Waals surface area (Å²) in [6, 6.07) is 0. The summed E-state index contributed by atoms with van der Waals surface area (Å²) in [5.74, 6) is 0. The molecule has 0 N–H and O–H groups in total. The molecular weight excluding hydrogens is 312 g/mol. The fraction of sp³-hybridized carbons (Fsp3) is 0. The zero-order valence-corrected chi connectivity index (χ0v) is 11.4. The first kappa shape index (κ1) is 10.6. The minimum absolute atomic E-state index is 0. The summed E-state index contributed by atoms with van der Waals surface area (Å²) in [6.45, 7) is 0. The van der Waals surface area contributed by atoms with Gasteiger partial charge in [-0.2, -0.15) is 0 Å². The molecule has 0 bridgehead atoms. The number of hydrogen-bond acceptors (Lipinski definition) is 0. The van der Waals surface area contributed by atoms with Crippen LogP contribution in [-0.2, 0) is 0 Å². The Morgan fingerprint density at radius 2 is 1.00 bits per heavy atom. The fourth-order valence-corrected chi connectivity index (χ4v) is 0. The van der Waals surface area contributed by atoms with E-state index in [1.165, 1.54) is 0 Å². The molecule has 0 heterocycles. The van der Waals surface area contributed by atoms with E-state index in [9.17, 15) is 8.44 Å². The Kier molecular flexibility index (Phi) is 14.1. The van der Waals surface area contributed by atoms with Gasteiger partial charge in [-0.1, -0.05) is 0 Å². The van der Waals surface area contributed by atoms with Crippen LogP contribution in [0.1, 0.15) is 0 Å². The van der Waals surface area contributed by atoms with Crippen molar-refractivity contribution in [2.75, 3.05) is 0 Å². The van der Waals surface area contributed by atoms with Crippen molar-refractivity contribution in [2.45, 2.75) is 0 Å². The molecule has 0 rings (SSSR count). The van der Waals surface area contributed by atoms with Gasteiger partial charge in [-0.05, 0) is 0 Å². The summed E-state index contributed by atoms with van der Waals surface area (Å²) in [5.41, 5.74) is 0. The standard InChI is InChI=1S/Cs.3FH.Sb/h;3*1H;/q;;;;+3/p-3. The third kappa shape index (κ3) is 20.4. The van der Waals surface area contributed by atoms with Crippen molar-refractivity contribution >= 4 is 90.8 Å². The van der Waals surface area contributed by atoms with Gasteiger partial charge >= 0.3 is 30.4 Å². The van der Waals surface area contributed by atoms with E-state index in [-0.39, 0.29) is 68.9 Å².